The van der Waals surface area contributed by atoms with Crippen molar-refractivity contribution in [1.29, 1.82) is 0 Å². The fourth-order valence-electron chi connectivity index (χ4n) is 1.60. The molecular weight excluding hydrogens is 319 g/mol. The molecule has 1 fully saturated rings. The van der Waals surface area contributed by atoms with Gasteiger partial charge >= 0.3 is 6.09 Å². The lowest BCUT2D eigenvalue weighted by molar-refractivity contribution is 0.114. The van der Waals surface area contributed by atoms with E-state index >= 15 is 0 Å². The number of alkyl carbamates (subject to hydrolysis) is 1. The zero-order valence-electron chi connectivity index (χ0n) is 8.50. The monoisotopic (exact) mass is 327 g/mol. The van der Waals surface area contributed by atoms with Crippen LogP contribution in [0.4, 0.5) is 13.6 Å². The molecule has 0 aliphatic carbocycles. The van der Waals surface area contributed by atoms with Crippen LogP contribution in [-0.2, 0) is 4.74 Å². The predicted octanol–water partition coefficient (Wildman–Crippen LogP) is 3.32. The Labute approximate surface area is 111 Å². The molecule has 1 amide bonds. The van der Waals surface area contributed by atoms with Crippen LogP contribution in [-0.4, -0.2) is 12.7 Å². The molecule has 3 nitrogen and oxygen atoms in total. The summed E-state index contributed by atoms with van der Waals surface area (Å²) in [7, 11) is 0. The summed E-state index contributed by atoms with van der Waals surface area (Å²) in [6, 6.07) is 1.76. The molecule has 0 saturated carbocycles. The number of ether oxygens (including phenoxy) is 1. The number of carbonyl (C=O) groups excluding carboxylic acids is 1. The number of hydrogen-bond acceptors (Lipinski definition) is 2. The van der Waals surface area contributed by atoms with Gasteiger partial charge in [0, 0.05) is 12.0 Å². The fourth-order valence-corrected chi connectivity index (χ4v) is 1.95. The normalized spacial score (nSPS) is 19.0. The molecule has 1 aliphatic rings. The Morgan fingerprint density at radius 3 is 2.76 bits per heavy atom. The van der Waals surface area contributed by atoms with Gasteiger partial charge in [-0.1, -0.05) is 0 Å². The molecule has 1 atom stereocenters. The average molecular weight is 329 g/mol. The van der Waals surface area contributed by atoms with E-state index in [4.69, 9.17) is 0 Å². The quantitative estimate of drug-likeness (QED) is 0.803. The minimum absolute atomic E-state index is 0. The Morgan fingerprint density at radius 1 is 1.41 bits per heavy atom. The smallest absolute Gasteiger partial charge is 0.407 e. The maximum atomic E-state index is 13.7. The number of benzene rings is 1. The molecule has 1 N–H and O–H groups in total. The van der Waals surface area contributed by atoms with Crippen molar-refractivity contribution in [3.63, 3.8) is 0 Å². The topological polar surface area (TPSA) is 38.3 Å². The lowest BCUT2D eigenvalue weighted by atomic mass is 10.0. The molecule has 1 aliphatic heterocycles. The van der Waals surface area contributed by atoms with Crippen molar-refractivity contribution in [3.8, 4) is 0 Å². The van der Waals surface area contributed by atoms with Gasteiger partial charge in [-0.15, -0.1) is 12.4 Å². The van der Waals surface area contributed by atoms with Gasteiger partial charge in [-0.05, 0) is 28.1 Å². The van der Waals surface area contributed by atoms with Crippen molar-refractivity contribution in [2.75, 3.05) is 6.61 Å². The molecular formula is C10H9BrClF2NO2. The summed E-state index contributed by atoms with van der Waals surface area (Å²) in [5, 5.41) is 2.38. The van der Waals surface area contributed by atoms with Gasteiger partial charge in [-0.3, -0.25) is 0 Å². The lowest BCUT2D eigenvalue weighted by Gasteiger charge is -2.24. The third-order valence-corrected chi connectivity index (χ3v) is 2.97. The number of cyclic esters (lactones) is 1. The molecule has 2 rings (SSSR count). The maximum absolute atomic E-state index is 13.7. The molecule has 1 heterocycles. The van der Waals surface area contributed by atoms with Crippen LogP contribution in [0.1, 0.15) is 18.0 Å². The summed E-state index contributed by atoms with van der Waals surface area (Å²) in [4.78, 5) is 11.0. The number of rotatable bonds is 1. The van der Waals surface area contributed by atoms with Crippen molar-refractivity contribution in [2.24, 2.45) is 0 Å². The third kappa shape index (κ3) is 2.87. The number of carbonyl (C=O) groups is 1. The van der Waals surface area contributed by atoms with Gasteiger partial charge in [0.25, 0.3) is 0 Å². The van der Waals surface area contributed by atoms with Crippen LogP contribution in [0, 0.1) is 11.6 Å². The highest BCUT2D eigenvalue weighted by Crippen LogP contribution is 2.29. The molecule has 1 saturated heterocycles. The van der Waals surface area contributed by atoms with Crippen molar-refractivity contribution in [1.82, 2.24) is 5.32 Å². The molecule has 1 aromatic carbocycles. The Morgan fingerprint density at radius 2 is 2.12 bits per heavy atom. The largest absolute Gasteiger partial charge is 0.449 e. The Balaban J connectivity index is 0.00000144. The van der Waals surface area contributed by atoms with Crippen LogP contribution in [0.5, 0.6) is 0 Å². The predicted molar refractivity (Wildman–Crippen MR) is 63.1 cm³/mol. The van der Waals surface area contributed by atoms with E-state index in [2.05, 4.69) is 26.0 Å². The minimum Gasteiger partial charge on any atom is -0.449 e. The highest BCUT2D eigenvalue weighted by atomic mass is 79.9. The highest BCUT2D eigenvalue weighted by Gasteiger charge is 2.27. The second-order valence-electron chi connectivity index (χ2n) is 3.38. The third-order valence-electron chi connectivity index (χ3n) is 2.36. The van der Waals surface area contributed by atoms with Crippen LogP contribution < -0.4 is 5.32 Å². The standard InChI is InChI=1S/C10H8BrF2NO2.ClH/c11-5-1-2-6(12)8(9(5)13)7-3-4-16-10(15)14-7;/h1-2,7H,3-4H2,(H,14,15);1H/t7-;/m0./s1. The Bertz CT molecular complexity index is 445. The van der Waals surface area contributed by atoms with Crippen molar-refractivity contribution in [2.45, 2.75) is 12.5 Å². The van der Waals surface area contributed by atoms with Gasteiger partial charge < -0.3 is 10.1 Å². The van der Waals surface area contributed by atoms with Crippen LogP contribution in [0.3, 0.4) is 0 Å². The van der Waals surface area contributed by atoms with Crippen molar-refractivity contribution in [3.05, 3.63) is 33.8 Å². The average Bonchev–Trinajstić information content (AvgIpc) is 2.24. The van der Waals surface area contributed by atoms with E-state index < -0.39 is 23.8 Å². The minimum atomic E-state index is -0.688. The van der Waals surface area contributed by atoms with Crippen LogP contribution in [0.2, 0.25) is 0 Å². The maximum Gasteiger partial charge on any atom is 0.407 e. The van der Waals surface area contributed by atoms with Gasteiger partial charge in [-0.2, -0.15) is 0 Å². The van der Waals surface area contributed by atoms with Gasteiger partial charge in [0.15, 0.2) is 0 Å². The highest BCUT2D eigenvalue weighted by molar-refractivity contribution is 9.10. The van der Waals surface area contributed by atoms with E-state index in [-0.39, 0.29) is 29.1 Å². The Hall–Kier alpha value is -0.880. The van der Waals surface area contributed by atoms with E-state index in [1.807, 2.05) is 0 Å². The van der Waals surface area contributed by atoms with Crippen molar-refractivity contribution < 1.29 is 18.3 Å². The van der Waals surface area contributed by atoms with E-state index in [1.165, 1.54) is 6.07 Å². The van der Waals surface area contributed by atoms with Gasteiger partial charge in [-0.25, -0.2) is 13.6 Å². The first-order valence-corrected chi connectivity index (χ1v) is 5.45. The molecule has 94 valence electrons. The van der Waals surface area contributed by atoms with E-state index in [0.29, 0.717) is 6.42 Å². The summed E-state index contributed by atoms with van der Waals surface area (Å²) < 4.78 is 32.0. The SMILES string of the molecule is Cl.O=C1N[C@H](c2c(F)ccc(Br)c2F)CCO1. The molecule has 0 spiro atoms. The zero-order valence-corrected chi connectivity index (χ0v) is 10.9. The van der Waals surface area contributed by atoms with Crippen LogP contribution in [0.25, 0.3) is 0 Å². The molecule has 17 heavy (non-hydrogen) atoms. The second-order valence-corrected chi connectivity index (χ2v) is 4.23. The fraction of sp³-hybridized carbons (Fsp3) is 0.300. The summed E-state index contributed by atoms with van der Waals surface area (Å²) in [6.07, 6.45) is -0.314. The van der Waals surface area contributed by atoms with Crippen LogP contribution >= 0.6 is 28.3 Å². The van der Waals surface area contributed by atoms with Gasteiger partial charge in [0.1, 0.15) is 11.6 Å². The first-order valence-electron chi connectivity index (χ1n) is 4.66. The summed E-state index contributed by atoms with van der Waals surface area (Å²) in [5.41, 5.74) is -0.133. The molecule has 0 radical (unpaired) electrons. The number of nitrogens with one attached hydrogen (secondary N) is 1. The van der Waals surface area contributed by atoms with E-state index in [9.17, 15) is 13.6 Å². The van der Waals surface area contributed by atoms with Gasteiger partial charge in [0.2, 0.25) is 0 Å². The number of halogens is 4. The zero-order chi connectivity index (χ0) is 11.7. The summed E-state index contributed by atoms with van der Waals surface area (Å²) in [5.74, 6) is -1.36. The van der Waals surface area contributed by atoms with Crippen molar-refractivity contribution >= 4 is 34.4 Å². The molecule has 0 unspecified atom stereocenters. The molecule has 7 heteroatoms. The lowest BCUT2D eigenvalue weighted by Crippen LogP contribution is -2.36. The first-order chi connectivity index (χ1) is 7.59. The second kappa shape index (κ2) is 5.64. The molecule has 0 aromatic heterocycles. The van der Waals surface area contributed by atoms with E-state index in [1.54, 1.807) is 0 Å². The Kier molecular flexibility index (Phi) is 4.70. The molecule has 0 bridgehead atoms. The van der Waals surface area contributed by atoms with Gasteiger partial charge in [0.05, 0.1) is 17.1 Å². The summed E-state index contributed by atoms with van der Waals surface area (Å²) >= 11 is 2.98. The molecule has 1 aromatic rings. The van der Waals surface area contributed by atoms with Crippen LogP contribution in [0.15, 0.2) is 16.6 Å². The summed E-state index contributed by atoms with van der Waals surface area (Å²) in [6.45, 7) is 0.155. The first kappa shape index (κ1) is 14.2. The van der Waals surface area contributed by atoms with E-state index in [0.717, 1.165) is 6.07 Å². The number of amides is 1. The number of hydrogen-bond donors (Lipinski definition) is 1.